The van der Waals surface area contributed by atoms with Crippen LogP contribution in [0, 0.1) is 0 Å². The van der Waals surface area contributed by atoms with Crippen LogP contribution >= 0.6 is 11.6 Å². The fraction of sp³-hybridized carbons (Fsp3) is 0.389. The van der Waals surface area contributed by atoms with Crippen molar-refractivity contribution in [3.63, 3.8) is 0 Å². The highest BCUT2D eigenvalue weighted by Crippen LogP contribution is 2.33. The van der Waals surface area contributed by atoms with E-state index in [0.717, 1.165) is 0 Å². The van der Waals surface area contributed by atoms with Gasteiger partial charge in [0.05, 0.1) is 12.8 Å². The molecule has 0 bridgehead atoms. The number of methoxy groups -OCH3 is 3. The van der Waals surface area contributed by atoms with Gasteiger partial charge in [0.25, 0.3) is 6.43 Å². The molecule has 0 fully saturated rings. The summed E-state index contributed by atoms with van der Waals surface area (Å²) in [5, 5.41) is 2.30. The zero-order valence-electron chi connectivity index (χ0n) is 15.7. The van der Waals surface area contributed by atoms with Gasteiger partial charge in [-0.05, 0) is 17.7 Å². The molecular formula is C18H19ClF3N3O4. The number of nitrogens with one attached hydrogen (secondary N) is 1. The molecule has 0 aliphatic rings. The molecule has 1 N–H and O–H groups in total. The summed E-state index contributed by atoms with van der Waals surface area (Å²) < 4.78 is 53.9. The van der Waals surface area contributed by atoms with Crippen molar-refractivity contribution < 1.29 is 32.2 Å². The van der Waals surface area contributed by atoms with Gasteiger partial charge in [-0.15, -0.1) is 0 Å². The van der Waals surface area contributed by atoms with Crippen molar-refractivity contribution in [3.8, 4) is 0 Å². The lowest BCUT2D eigenvalue weighted by molar-refractivity contribution is -0.141. The molecule has 0 amide bonds. The minimum Gasteiger partial charge on any atom is -0.468 e. The van der Waals surface area contributed by atoms with Crippen molar-refractivity contribution in [3.05, 3.63) is 52.3 Å². The number of carbonyl (C=O) groups excluding carboxylic acids is 1. The van der Waals surface area contributed by atoms with Crippen LogP contribution in [0.2, 0.25) is 5.02 Å². The highest BCUT2D eigenvalue weighted by atomic mass is 35.5. The van der Waals surface area contributed by atoms with E-state index < -0.39 is 36.8 Å². The van der Waals surface area contributed by atoms with Gasteiger partial charge in [-0.3, -0.25) is 4.79 Å². The van der Waals surface area contributed by atoms with Gasteiger partial charge in [-0.25, -0.2) is 23.1 Å². The predicted octanol–water partition coefficient (Wildman–Crippen LogP) is 3.70. The first-order valence-electron chi connectivity index (χ1n) is 8.26. The lowest BCUT2D eigenvalue weighted by atomic mass is 9.92. The molecule has 2 rings (SSSR count). The summed E-state index contributed by atoms with van der Waals surface area (Å²) in [5.74, 6) is -2.24. The molecule has 2 aromatic rings. The molecule has 0 saturated heterocycles. The Bertz CT molecular complexity index is 822. The van der Waals surface area contributed by atoms with E-state index in [1.165, 1.54) is 27.5 Å². The molecule has 2 unspecified atom stereocenters. The Hall–Kier alpha value is -2.43. The molecule has 29 heavy (non-hydrogen) atoms. The van der Waals surface area contributed by atoms with Gasteiger partial charge in [-0.2, -0.15) is 0 Å². The molecule has 158 valence electrons. The first-order chi connectivity index (χ1) is 13.8. The second kappa shape index (κ2) is 10.4. The molecule has 1 aromatic heterocycles. The summed E-state index contributed by atoms with van der Waals surface area (Å²) in [4.78, 5) is 20.5. The Kier molecular flexibility index (Phi) is 8.18. The highest BCUT2D eigenvalue weighted by molar-refractivity contribution is 6.30. The average molecular weight is 434 g/mol. The minimum absolute atomic E-state index is 0.0341. The second-order valence-electron chi connectivity index (χ2n) is 5.73. The number of hydrogen-bond acceptors (Lipinski definition) is 7. The van der Waals surface area contributed by atoms with E-state index in [1.807, 2.05) is 5.32 Å². The third-order valence-electron chi connectivity index (χ3n) is 3.93. The van der Waals surface area contributed by atoms with Crippen LogP contribution in [-0.2, 0) is 19.0 Å². The normalized spacial score (nSPS) is 13.4. The number of esters is 1. The molecule has 11 heteroatoms. The summed E-state index contributed by atoms with van der Waals surface area (Å²) in [6.07, 6.45) is -5.76. The number of carbonyl (C=O) groups is 1. The average Bonchev–Trinajstić information content (AvgIpc) is 2.71. The molecule has 0 saturated carbocycles. The van der Waals surface area contributed by atoms with Crippen molar-refractivity contribution in [2.24, 2.45) is 0 Å². The van der Waals surface area contributed by atoms with Crippen molar-refractivity contribution in [2.45, 2.75) is 24.9 Å². The highest BCUT2D eigenvalue weighted by Gasteiger charge is 2.32. The first kappa shape index (κ1) is 22.9. The number of rotatable bonds is 9. The van der Waals surface area contributed by atoms with Crippen LogP contribution in [0.3, 0.4) is 0 Å². The fourth-order valence-corrected chi connectivity index (χ4v) is 2.73. The maximum atomic E-state index is 13.4. The number of hydrogen-bond donors (Lipinski definition) is 1. The third kappa shape index (κ3) is 5.55. The Labute approximate surface area is 170 Å². The van der Waals surface area contributed by atoms with Crippen molar-refractivity contribution in [2.75, 3.05) is 26.6 Å². The zero-order valence-corrected chi connectivity index (χ0v) is 16.5. The Morgan fingerprint density at radius 1 is 1.10 bits per heavy atom. The maximum Gasteiger partial charge on any atom is 0.319 e. The number of nitrogens with zero attached hydrogens (tertiary/aromatic N) is 2. The van der Waals surface area contributed by atoms with Crippen LogP contribution in [0.4, 0.5) is 19.1 Å². The van der Waals surface area contributed by atoms with E-state index in [9.17, 15) is 18.0 Å². The smallest absolute Gasteiger partial charge is 0.319 e. The van der Waals surface area contributed by atoms with E-state index >= 15 is 0 Å². The molecular weight excluding hydrogens is 415 g/mol. The number of alkyl halides is 3. The standard InChI is InChI=1S/C18H19ClF3N3O4/c1-27-16(26)12(9-4-6-10(19)7-5-9)13-11(17(28-2)29-3)8-23-18(24-13)25-15(22)14(20)21/h4-8,12,14-15,17H,1-3H3,(H,23,24,25). The topological polar surface area (TPSA) is 82.6 Å². The fourth-order valence-electron chi connectivity index (χ4n) is 2.60. The zero-order chi connectivity index (χ0) is 21.6. The van der Waals surface area contributed by atoms with Gasteiger partial charge in [0.15, 0.2) is 6.29 Å². The van der Waals surface area contributed by atoms with E-state index in [1.54, 1.807) is 24.3 Å². The first-order valence-corrected chi connectivity index (χ1v) is 8.64. The van der Waals surface area contributed by atoms with Crippen LogP contribution in [0.5, 0.6) is 0 Å². The van der Waals surface area contributed by atoms with Crippen LogP contribution < -0.4 is 5.32 Å². The monoisotopic (exact) mass is 433 g/mol. The van der Waals surface area contributed by atoms with Gasteiger partial charge < -0.3 is 19.5 Å². The number of halogens is 4. The second-order valence-corrected chi connectivity index (χ2v) is 6.16. The Morgan fingerprint density at radius 3 is 2.24 bits per heavy atom. The van der Waals surface area contributed by atoms with Crippen LogP contribution in [0.15, 0.2) is 30.5 Å². The van der Waals surface area contributed by atoms with Crippen LogP contribution in [0.25, 0.3) is 0 Å². The van der Waals surface area contributed by atoms with E-state index in [0.29, 0.717) is 10.6 Å². The lowest BCUT2D eigenvalue weighted by Crippen LogP contribution is -2.26. The molecule has 0 spiro atoms. The van der Waals surface area contributed by atoms with Crippen LogP contribution in [-0.4, -0.2) is 50.0 Å². The van der Waals surface area contributed by atoms with E-state index in [2.05, 4.69) is 9.97 Å². The van der Waals surface area contributed by atoms with Gasteiger partial charge in [0.2, 0.25) is 12.2 Å². The molecule has 0 radical (unpaired) electrons. The predicted molar refractivity (Wildman–Crippen MR) is 98.6 cm³/mol. The van der Waals surface area contributed by atoms with Crippen molar-refractivity contribution in [1.29, 1.82) is 0 Å². The molecule has 1 aromatic carbocycles. The van der Waals surface area contributed by atoms with Crippen molar-refractivity contribution >= 4 is 23.5 Å². The van der Waals surface area contributed by atoms with Gasteiger partial charge in [0.1, 0.15) is 5.92 Å². The van der Waals surface area contributed by atoms with Crippen molar-refractivity contribution in [1.82, 2.24) is 9.97 Å². The lowest BCUT2D eigenvalue weighted by Gasteiger charge is -2.22. The number of benzene rings is 1. The summed E-state index contributed by atoms with van der Waals surface area (Å²) in [6, 6.07) is 6.28. The van der Waals surface area contributed by atoms with Gasteiger partial charge in [-0.1, -0.05) is 23.7 Å². The molecule has 1 heterocycles. The SMILES string of the molecule is COC(=O)C(c1ccc(Cl)cc1)c1nc(NC(F)C(F)F)ncc1C(OC)OC. The molecule has 0 aliphatic heterocycles. The maximum absolute atomic E-state index is 13.4. The summed E-state index contributed by atoms with van der Waals surface area (Å²) in [5.41, 5.74) is 0.717. The van der Waals surface area contributed by atoms with Gasteiger partial charge >= 0.3 is 5.97 Å². The minimum atomic E-state index is -3.29. The molecule has 2 atom stereocenters. The summed E-state index contributed by atoms with van der Waals surface area (Å²) in [7, 11) is 3.89. The Balaban J connectivity index is 2.63. The van der Waals surface area contributed by atoms with E-state index in [4.69, 9.17) is 25.8 Å². The summed E-state index contributed by atoms with van der Waals surface area (Å²) >= 11 is 5.91. The Morgan fingerprint density at radius 2 is 1.72 bits per heavy atom. The van der Waals surface area contributed by atoms with E-state index in [-0.39, 0.29) is 11.3 Å². The van der Waals surface area contributed by atoms with Crippen LogP contribution in [0.1, 0.15) is 29.0 Å². The van der Waals surface area contributed by atoms with Gasteiger partial charge in [0, 0.05) is 31.0 Å². The summed E-state index contributed by atoms with van der Waals surface area (Å²) in [6.45, 7) is 0. The third-order valence-corrected chi connectivity index (χ3v) is 4.18. The molecule has 7 nitrogen and oxygen atoms in total. The molecule has 0 aliphatic carbocycles. The number of anilines is 1. The largest absolute Gasteiger partial charge is 0.468 e. The number of ether oxygens (including phenoxy) is 3. The quantitative estimate of drug-likeness (QED) is 0.367. The number of aromatic nitrogens is 2.